The average Bonchev–Trinajstić information content (AvgIpc) is 3.30. The molecule has 4 rings (SSSR count). The number of carbonyl (C=O) groups is 2. The molecule has 3 amide bonds. The highest BCUT2D eigenvalue weighted by Crippen LogP contribution is 2.22. The largest absolute Gasteiger partial charge is 0.483 e. The van der Waals surface area contributed by atoms with Crippen molar-refractivity contribution in [3.05, 3.63) is 46.2 Å². The van der Waals surface area contributed by atoms with Crippen molar-refractivity contribution in [1.29, 1.82) is 0 Å². The number of benzene rings is 1. The highest BCUT2D eigenvalue weighted by Gasteiger charge is 2.29. The van der Waals surface area contributed by atoms with Crippen LogP contribution in [0.2, 0.25) is 0 Å². The molecule has 0 spiro atoms. The van der Waals surface area contributed by atoms with E-state index in [0.29, 0.717) is 10.7 Å². The summed E-state index contributed by atoms with van der Waals surface area (Å²) in [5.41, 5.74) is 0.308. The van der Waals surface area contributed by atoms with Gasteiger partial charge < -0.3 is 20.7 Å². The number of halogens is 1. The maximum absolute atomic E-state index is 13.7. The third kappa shape index (κ3) is 6.66. The van der Waals surface area contributed by atoms with E-state index in [9.17, 15) is 14.0 Å². The lowest BCUT2D eigenvalue weighted by atomic mass is 9.90. The zero-order valence-corrected chi connectivity index (χ0v) is 19.5. The average molecular weight is 475 g/mol. The molecule has 2 aliphatic rings. The monoisotopic (exact) mass is 474 g/mol. The molecular weight excluding hydrogens is 443 g/mol. The predicted molar refractivity (Wildman–Crippen MR) is 125 cm³/mol. The molecule has 2 fully saturated rings. The van der Waals surface area contributed by atoms with Crippen LogP contribution in [0.15, 0.2) is 29.6 Å². The maximum atomic E-state index is 13.7. The van der Waals surface area contributed by atoms with Crippen molar-refractivity contribution >= 4 is 23.3 Å². The third-order valence-corrected chi connectivity index (χ3v) is 7.13. The van der Waals surface area contributed by atoms with Gasteiger partial charge in [-0.05, 0) is 37.8 Å². The molecule has 3 N–H and O–H groups in total. The molecule has 33 heavy (non-hydrogen) atoms. The first-order valence-electron chi connectivity index (χ1n) is 11.8. The van der Waals surface area contributed by atoms with E-state index in [2.05, 4.69) is 20.9 Å². The fourth-order valence-electron chi connectivity index (χ4n) is 4.54. The summed E-state index contributed by atoms with van der Waals surface area (Å²) in [6.45, 7) is 0.0911. The fraction of sp³-hybridized carbons (Fsp3) is 0.542. The summed E-state index contributed by atoms with van der Waals surface area (Å²) in [5, 5.41) is 11.5. The smallest absolute Gasteiger partial charge is 0.315 e. The first-order chi connectivity index (χ1) is 16.1. The van der Waals surface area contributed by atoms with Crippen molar-refractivity contribution in [1.82, 2.24) is 20.9 Å². The minimum atomic E-state index is -0.435. The lowest BCUT2D eigenvalue weighted by Gasteiger charge is -2.33. The predicted octanol–water partition coefficient (Wildman–Crippen LogP) is 4.53. The van der Waals surface area contributed by atoms with Crippen LogP contribution in [0.1, 0.15) is 73.3 Å². The summed E-state index contributed by atoms with van der Waals surface area (Å²) in [5.74, 6) is -0.550. The van der Waals surface area contributed by atoms with Crippen LogP contribution in [0.3, 0.4) is 0 Å². The second-order valence-corrected chi connectivity index (χ2v) is 9.71. The first kappa shape index (κ1) is 23.5. The molecule has 1 heterocycles. The Morgan fingerprint density at radius 1 is 0.970 bits per heavy atom. The molecule has 0 aliphatic heterocycles. The minimum absolute atomic E-state index is 0.0911. The number of aromatic nitrogens is 1. The molecule has 178 valence electrons. The molecule has 0 bridgehead atoms. The zero-order valence-electron chi connectivity index (χ0n) is 18.6. The number of ether oxygens (including phenoxy) is 1. The number of thiazole rings is 1. The van der Waals surface area contributed by atoms with Gasteiger partial charge in [-0.1, -0.05) is 44.2 Å². The van der Waals surface area contributed by atoms with Crippen LogP contribution >= 0.6 is 11.3 Å². The van der Waals surface area contributed by atoms with Gasteiger partial charge >= 0.3 is 6.03 Å². The van der Waals surface area contributed by atoms with Crippen LogP contribution in [0.5, 0.6) is 5.75 Å². The van der Waals surface area contributed by atoms with E-state index in [1.54, 1.807) is 23.6 Å². The molecule has 2 atom stereocenters. The van der Waals surface area contributed by atoms with E-state index in [4.69, 9.17) is 4.74 Å². The van der Waals surface area contributed by atoms with Crippen molar-refractivity contribution in [2.24, 2.45) is 0 Å². The van der Waals surface area contributed by atoms with Gasteiger partial charge in [-0.25, -0.2) is 14.2 Å². The zero-order chi connectivity index (χ0) is 23.0. The van der Waals surface area contributed by atoms with Crippen molar-refractivity contribution < 1.29 is 18.7 Å². The molecule has 9 heteroatoms. The minimum Gasteiger partial charge on any atom is -0.483 e. The molecule has 0 radical (unpaired) electrons. The molecule has 2 aromatic rings. The Morgan fingerprint density at radius 2 is 1.67 bits per heavy atom. The van der Waals surface area contributed by atoms with Gasteiger partial charge in [0.25, 0.3) is 5.91 Å². The Bertz CT molecular complexity index is 947. The lowest BCUT2D eigenvalue weighted by molar-refractivity contribution is 0.0911. The highest BCUT2D eigenvalue weighted by atomic mass is 32.1. The Balaban J connectivity index is 1.29. The van der Waals surface area contributed by atoms with Crippen LogP contribution in [0, 0.1) is 5.82 Å². The van der Waals surface area contributed by atoms with Crippen LogP contribution in [-0.2, 0) is 6.61 Å². The third-order valence-electron chi connectivity index (χ3n) is 6.31. The number of nitrogens with one attached hydrogen (secondary N) is 3. The summed E-state index contributed by atoms with van der Waals surface area (Å²) in [6.07, 6.45) is 9.30. The second-order valence-electron chi connectivity index (χ2n) is 8.77. The van der Waals surface area contributed by atoms with E-state index in [0.717, 1.165) is 51.4 Å². The Hall–Kier alpha value is -2.68. The second kappa shape index (κ2) is 11.4. The quantitative estimate of drug-likeness (QED) is 0.550. The fourth-order valence-corrected chi connectivity index (χ4v) is 5.23. The van der Waals surface area contributed by atoms with Crippen LogP contribution in [0.25, 0.3) is 0 Å². The van der Waals surface area contributed by atoms with Gasteiger partial charge in [-0.3, -0.25) is 4.79 Å². The van der Waals surface area contributed by atoms with Gasteiger partial charge in [0, 0.05) is 17.5 Å². The van der Waals surface area contributed by atoms with E-state index in [1.807, 2.05) is 0 Å². The molecule has 2 saturated carbocycles. The van der Waals surface area contributed by atoms with Gasteiger partial charge in [0.15, 0.2) is 11.6 Å². The summed E-state index contributed by atoms with van der Waals surface area (Å²) in [7, 11) is 0. The number of nitrogens with zero attached hydrogens (tertiary/aromatic N) is 1. The van der Waals surface area contributed by atoms with E-state index < -0.39 is 5.82 Å². The normalized spacial score (nSPS) is 21.2. The molecule has 2 aliphatic carbocycles. The van der Waals surface area contributed by atoms with Gasteiger partial charge in [-0.15, -0.1) is 11.3 Å². The van der Waals surface area contributed by atoms with E-state index in [-0.39, 0.29) is 42.4 Å². The Kier molecular flexibility index (Phi) is 8.15. The van der Waals surface area contributed by atoms with Crippen molar-refractivity contribution in [2.75, 3.05) is 0 Å². The van der Waals surface area contributed by atoms with Gasteiger partial charge in [0.05, 0.1) is 6.04 Å². The van der Waals surface area contributed by atoms with Crippen molar-refractivity contribution in [3.8, 4) is 5.75 Å². The van der Waals surface area contributed by atoms with Gasteiger partial charge in [-0.2, -0.15) is 0 Å². The van der Waals surface area contributed by atoms with E-state index >= 15 is 0 Å². The molecule has 0 saturated heterocycles. The summed E-state index contributed by atoms with van der Waals surface area (Å²) < 4.78 is 19.2. The number of urea groups is 1. The van der Waals surface area contributed by atoms with Gasteiger partial charge in [0.1, 0.15) is 17.3 Å². The van der Waals surface area contributed by atoms with Gasteiger partial charge in [0.2, 0.25) is 0 Å². The number of para-hydroxylation sites is 1. The number of carbonyl (C=O) groups excluding carboxylic acids is 2. The number of hydrogen-bond acceptors (Lipinski definition) is 5. The first-order valence-corrected chi connectivity index (χ1v) is 12.7. The molecule has 7 nitrogen and oxygen atoms in total. The molecule has 1 aromatic heterocycles. The number of rotatable bonds is 7. The number of hydrogen-bond donors (Lipinski definition) is 3. The maximum Gasteiger partial charge on any atom is 0.315 e. The molecular formula is C24H31FN4O3S. The SMILES string of the molecule is O=C(NC1CCCCC1)N[C@H]1CCCC[C@H]1NC(=O)c1csc(COc2ccccc2F)n1. The Labute approximate surface area is 197 Å². The van der Waals surface area contributed by atoms with Crippen LogP contribution in [0.4, 0.5) is 9.18 Å². The Morgan fingerprint density at radius 3 is 2.42 bits per heavy atom. The summed E-state index contributed by atoms with van der Waals surface area (Å²) in [6, 6.07) is 6.04. The summed E-state index contributed by atoms with van der Waals surface area (Å²) in [4.78, 5) is 29.7. The van der Waals surface area contributed by atoms with Crippen molar-refractivity contribution in [2.45, 2.75) is 82.5 Å². The highest BCUT2D eigenvalue weighted by molar-refractivity contribution is 7.09. The molecule has 1 aromatic carbocycles. The number of amides is 3. The van der Waals surface area contributed by atoms with Crippen molar-refractivity contribution in [3.63, 3.8) is 0 Å². The molecule has 0 unspecified atom stereocenters. The summed E-state index contributed by atoms with van der Waals surface area (Å²) >= 11 is 1.30. The topological polar surface area (TPSA) is 92.4 Å². The van der Waals surface area contributed by atoms with E-state index in [1.165, 1.54) is 23.8 Å². The lowest BCUT2D eigenvalue weighted by Crippen LogP contribution is -2.56. The van der Waals surface area contributed by atoms with Crippen LogP contribution in [-0.4, -0.2) is 35.0 Å². The standard InChI is InChI=1S/C24H31FN4O3S/c25-17-10-4-7-13-21(17)32-14-22-27-20(15-33-22)23(30)28-18-11-5-6-12-19(18)29-24(31)26-16-8-2-1-3-9-16/h4,7,10,13,15-16,18-19H,1-3,5-6,8-9,11-12,14H2,(H,28,30)(H2,26,29,31)/t18-,19+/m1/s1. The van der Waals surface area contributed by atoms with Crippen LogP contribution < -0.4 is 20.7 Å².